The van der Waals surface area contributed by atoms with Crippen molar-refractivity contribution < 1.29 is 29.7 Å². The maximum Gasteiger partial charge on any atom is 0.289 e. The van der Waals surface area contributed by atoms with Gasteiger partial charge < -0.3 is 21.3 Å². The summed E-state index contributed by atoms with van der Waals surface area (Å²) in [7, 11) is 0. The standard InChI is InChI=1S/C31H40N4O5.C3H8.4H2/c1-2-3-19-25(29(38)32-21-27(36)31(40)33-24-17-11-6-12-18-24)34-30(39)26(20-22-13-7-4-8-14-22)35-28(37)23-15-9-5-10-16-23;1-3-2;;;;/h4-5,7-10,13-16,24-26H,2-3,6,11-12,17-21H2,1H3,(H,32,38)(H,33,40)(H,34,39)(H,35,37);3H2,1-2H3;4*1H/t25-,26-;;;;;/m0...../s1. The third kappa shape index (κ3) is 13.2. The largest absolute Gasteiger partial charge is 0.347 e. The van der Waals surface area contributed by atoms with Gasteiger partial charge in [0.2, 0.25) is 17.6 Å². The number of hydrogen-bond donors (Lipinski definition) is 4. The lowest BCUT2D eigenvalue weighted by Crippen LogP contribution is -2.55. The Morgan fingerprint density at radius 2 is 1.40 bits per heavy atom. The molecule has 1 aliphatic carbocycles. The predicted octanol–water partition coefficient (Wildman–Crippen LogP) is 5.24. The second-order valence-corrected chi connectivity index (χ2v) is 10.9. The first-order chi connectivity index (χ1) is 20.8. The van der Waals surface area contributed by atoms with Crippen LogP contribution in [-0.2, 0) is 25.6 Å². The number of carbonyl (C=O) groups excluding carboxylic acids is 5. The lowest BCUT2D eigenvalue weighted by atomic mass is 9.95. The van der Waals surface area contributed by atoms with Crippen LogP contribution in [0.15, 0.2) is 60.7 Å². The monoisotopic (exact) mass is 600 g/mol. The van der Waals surface area contributed by atoms with E-state index in [0.717, 1.165) is 44.1 Å². The smallest absolute Gasteiger partial charge is 0.289 e. The van der Waals surface area contributed by atoms with Crippen molar-refractivity contribution in [3.05, 3.63) is 71.8 Å². The van der Waals surface area contributed by atoms with E-state index in [1.807, 2.05) is 37.3 Å². The van der Waals surface area contributed by atoms with Gasteiger partial charge in [0.1, 0.15) is 12.1 Å². The molecule has 4 amide bonds. The van der Waals surface area contributed by atoms with Crippen molar-refractivity contribution in [2.24, 2.45) is 0 Å². The molecule has 0 saturated heterocycles. The van der Waals surface area contributed by atoms with Crippen molar-refractivity contribution in [1.29, 1.82) is 0 Å². The number of unbranched alkanes of at least 4 members (excludes halogenated alkanes) is 1. The van der Waals surface area contributed by atoms with Gasteiger partial charge in [-0.15, -0.1) is 0 Å². The molecular weight excluding hydrogens is 544 g/mol. The van der Waals surface area contributed by atoms with E-state index < -0.39 is 48.0 Å². The van der Waals surface area contributed by atoms with Gasteiger partial charge in [-0.1, -0.05) is 108 Å². The number of hydrogen-bond acceptors (Lipinski definition) is 5. The average Bonchev–Trinajstić information content (AvgIpc) is 3.03. The fourth-order valence-electron chi connectivity index (χ4n) is 4.72. The van der Waals surface area contributed by atoms with Gasteiger partial charge in [0.15, 0.2) is 0 Å². The normalized spacial score (nSPS) is 14.2. The minimum absolute atomic E-state index is 0. The molecule has 1 aliphatic rings. The van der Waals surface area contributed by atoms with Crippen LogP contribution in [0, 0.1) is 0 Å². The van der Waals surface area contributed by atoms with Gasteiger partial charge in [-0.3, -0.25) is 24.0 Å². The van der Waals surface area contributed by atoms with Gasteiger partial charge in [0, 0.05) is 23.7 Å². The average molecular weight is 601 g/mol. The van der Waals surface area contributed by atoms with Crippen LogP contribution in [0.25, 0.3) is 0 Å². The van der Waals surface area contributed by atoms with E-state index in [-0.39, 0.29) is 18.2 Å². The van der Waals surface area contributed by atoms with Crippen molar-refractivity contribution in [2.45, 2.75) is 103 Å². The maximum absolute atomic E-state index is 13.4. The molecule has 9 heteroatoms. The topological polar surface area (TPSA) is 133 Å². The Morgan fingerprint density at radius 1 is 0.791 bits per heavy atom. The minimum Gasteiger partial charge on any atom is -0.347 e. The highest BCUT2D eigenvalue weighted by Crippen LogP contribution is 2.17. The molecule has 2 aromatic carbocycles. The summed E-state index contributed by atoms with van der Waals surface area (Å²) >= 11 is 0. The molecule has 0 radical (unpaired) electrons. The predicted molar refractivity (Wildman–Crippen MR) is 177 cm³/mol. The van der Waals surface area contributed by atoms with E-state index in [0.29, 0.717) is 18.4 Å². The first-order valence-corrected chi connectivity index (χ1v) is 15.6. The zero-order valence-corrected chi connectivity index (χ0v) is 25.8. The van der Waals surface area contributed by atoms with Crippen LogP contribution >= 0.6 is 0 Å². The quantitative estimate of drug-likeness (QED) is 0.220. The van der Waals surface area contributed by atoms with Crippen LogP contribution in [0.5, 0.6) is 0 Å². The van der Waals surface area contributed by atoms with Crippen LogP contribution in [0.3, 0.4) is 0 Å². The van der Waals surface area contributed by atoms with E-state index in [1.165, 1.54) is 6.42 Å². The molecule has 242 valence electrons. The number of nitrogens with one attached hydrogen (secondary N) is 4. The van der Waals surface area contributed by atoms with Gasteiger partial charge in [-0.2, -0.15) is 0 Å². The van der Waals surface area contributed by atoms with Gasteiger partial charge in [0.05, 0.1) is 6.54 Å². The summed E-state index contributed by atoms with van der Waals surface area (Å²) in [5, 5.41) is 10.8. The van der Waals surface area contributed by atoms with E-state index in [4.69, 9.17) is 0 Å². The molecule has 1 saturated carbocycles. The van der Waals surface area contributed by atoms with E-state index in [9.17, 15) is 24.0 Å². The fourth-order valence-corrected chi connectivity index (χ4v) is 4.72. The van der Waals surface area contributed by atoms with Gasteiger partial charge >= 0.3 is 0 Å². The lowest BCUT2D eigenvalue weighted by Gasteiger charge is -2.24. The Balaban J connectivity index is -0.00000266. The Hall–Kier alpha value is -4.01. The van der Waals surface area contributed by atoms with Crippen molar-refractivity contribution in [3.8, 4) is 0 Å². The molecule has 2 aromatic rings. The van der Waals surface area contributed by atoms with Crippen molar-refractivity contribution in [1.82, 2.24) is 21.3 Å². The molecule has 0 aliphatic heterocycles. The highest BCUT2D eigenvalue weighted by atomic mass is 16.2. The zero-order valence-electron chi connectivity index (χ0n) is 25.8. The molecular formula is C34H56N4O5. The summed E-state index contributed by atoms with van der Waals surface area (Å²) in [6.07, 6.45) is 8.15. The number of benzene rings is 2. The van der Waals surface area contributed by atoms with E-state index in [1.54, 1.807) is 30.3 Å². The van der Waals surface area contributed by atoms with Gasteiger partial charge in [0.25, 0.3) is 11.8 Å². The number of carbonyl (C=O) groups is 5. The SMILES string of the molecule is CCC.CCCC[C@H](NC(=O)[C@H](Cc1ccccc1)NC(=O)c1ccccc1)C(=O)NCC(=O)C(=O)NC1CCCCC1.[HH].[HH].[HH].[HH]. The summed E-state index contributed by atoms with van der Waals surface area (Å²) in [4.78, 5) is 64.0. The number of amides is 4. The molecule has 3 rings (SSSR count). The summed E-state index contributed by atoms with van der Waals surface area (Å²) in [6.45, 7) is 5.77. The summed E-state index contributed by atoms with van der Waals surface area (Å²) < 4.78 is 0. The molecule has 0 unspecified atom stereocenters. The number of rotatable bonds is 14. The molecule has 9 nitrogen and oxygen atoms in total. The summed E-state index contributed by atoms with van der Waals surface area (Å²) in [5.41, 5.74) is 1.26. The summed E-state index contributed by atoms with van der Waals surface area (Å²) in [5.74, 6) is -2.88. The Bertz CT molecular complexity index is 1170. The third-order valence-electron chi connectivity index (χ3n) is 7.04. The van der Waals surface area contributed by atoms with Gasteiger partial charge in [-0.05, 0) is 37.0 Å². The second-order valence-electron chi connectivity index (χ2n) is 10.9. The highest BCUT2D eigenvalue weighted by Gasteiger charge is 2.28. The molecule has 43 heavy (non-hydrogen) atoms. The van der Waals surface area contributed by atoms with Crippen LogP contribution in [0.2, 0.25) is 0 Å². The van der Waals surface area contributed by atoms with E-state index in [2.05, 4.69) is 35.1 Å². The van der Waals surface area contributed by atoms with Crippen LogP contribution in [0.4, 0.5) is 0 Å². The van der Waals surface area contributed by atoms with Crippen molar-refractivity contribution in [3.63, 3.8) is 0 Å². The minimum atomic E-state index is -0.935. The zero-order chi connectivity index (χ0) is 31.5. The van der Waals surface area contributed by atoms with Crippen LogP contribution in [0.1, 0.15) is 100 Å². The Labute approximate surface area is 261 Å². The highest BCUT2D eigenvalue weighted by molar-refractivity contribution is 6.37. The summed E-state index contributed by atoms with van der Waals surface area (Å²) in [6, 6.07) is 16.0. The molecule has 1 fully saturated rings. The number of ketones is 1. The number of Topliss-reactive ketones (excluding diaryl/α,β-unsaturated/α-hetero) is 1. The van der Waals surface area contributed by atoms with E-state index >= 15 is 0 Å². The Morgan fingerprint density at radius 3 is 2.00 bits per heavy atom. The third-order valence-corrected chi connectivity index (χ3v) is 7.04. The maximum atomic E-state index is 13.4. The van der Waals surface area contributed by atoms with Crippen LogP contribution in [-0.4, -0.2) is 54.1 Å². The lowest BCUT2D eigenvalue weighted by molar-refractivity contribution is -0.138. The molecule has 0 aromatic heterocycles. The molecule has 2 atom stereocenters. The fraction of sp³-hybridized carbons (Fsp3) is 0.500. The van der Waals surface area contributed by atoms with Crippen LogP contribution < -0.4 is 21.3 Å². The molecule has 0 spiro atoms. The van der Waals surface area contributed by atoms with Crippen molar-refractivity contribution >= 4 is 29.4 Å². The van der Waals surface area contributed by atoms with Gasteiger partial charge in [-0.25, -0.2) is 0 Å². The molecule has 0 bridgehead atoms. The molecule has 0 heterocycles. The van der Waals surface area contributed by atoms with Crippen molar-refractivity contribution in [2.75, 3.05) is 6.54 Å². The first kappa shape index (κ1) is 35.2. The molecule has 4 N–H and O–H groups in total. The Kier molecular flexibility index (Phi) is 16.4. The second kappa shape index (κ2) is 20.0. The first-order valence-electron chi connectivity index (χ1n) is 15.6.